The fraction of sp³-hybridized carbons (Fsp3) is 0.333. The second-order valence-corrected chi connectivity index (χ2v) is 5.11. The number of fused-ring (bicyclic) bond motifs is 3. The molecular weight excluding hydrogens is 220 g/mol. The van der Waals surface area contributed by atoms with Crippen molar-refractivity contribution in [1.29, 1.82) is 0 Å². The standard InChI is InChI=1S/C12H12N2OS/c1-2-6-14-7-13-11-10(12(14)15)8-4-3-5-9(8)16-11/h2,7H,1,3-6H2. The number of aryl methyl sites for hydroxylation is 2. The van der Waals surface area contributed by atoms with Crippen molar-refractivity contribution >= 4 is 21.6 Å². The molecule has 0 N–H and O–H groups in total. The summed E-state index contributed by atoms with van der Waals surface area (Å²) >= 11 is 1.68. The highest BCUT2D eigenvalue weighted by atomic mass is 32.1. The van der Waals surface area contributed by atoms with Gasteiger partial charge in [-0.05, 0) is 24.8 Å². The smallest absolute Gasteiger partial charge is 0.262 e. The second-order valence-electron chi connectivity index (χ2n) is 4.03. The Morgan fingerprint density at radius 2 is 2.44 bits per heavy atom. The molecule has 2 aromatic heterocycles. The third-order valence-corrected chi connectivity index (χ3v) is 4.22. The molecule has 16 heavy (non-hydrogen) atoms. The summed E-state index contributed by atoms with van der Waals surface area (Å²) in [6, 6.07) is 0. The molecule has 2 aromatic rings. The predicted octanol–water partition coefficient (Wildman–Crippen LogP) is 2.13. The first-order chi connectivity index (χ1) is 7.81. The van der Waals surface area contributed by atoms with Gasteiger partial charge in [0.15, 0.2) is 0 Å². The van der Waals surface area contributed by atoms with Gasteiger partial charge in [0, 0.05) is 11.4 Å². The van der Waals surface area contributed by atoms with Gasteiger partial charge in [-0.1, -0.05) is 6.08 Å². The van der Waals surface area contributed by atoms with Crippen molar-refractivity contribution in [3.8, 4) is 0 Å². The molecule has 0 saturated heterocycles. The maximum absolute atomic E-state index is 12.2. The lowest BCUT2D eigenvalue weighted by atomic mass is 10.2. The van der Waals surface area contributed by atoms with Gasteiger partial charge in [-0.25, -0.2) is 4.98 Å². The predicted molar refractivity (Wildman–Crippen MR) is 66.1 cm³/mol. The van der Waals surface area contributed by atoms with Crippen LogP contribution in [0, 0.1) is 0 Å². The van der Waals surface area contributed by atoms with Crippen LogP contribution in [0.2, 0.25) is 0 Å². The van der Waals surface area contributed by atoms with Gasteiger partial charge in [0.05, 0.1) is 11.7 Å². The number of thiophene rings is 1. The van der Waals surface area contributed by atoms with E-state index in [1.165, 1.54) is 16.9 Å². The summed E-state index contributed by atoms with van der Waals surface area (Å²) in [7, 11) is 0. The summed E-state index contributed by atoms with van der Waals surface area (Å²) in [6.45, 7) is 4.19. The Kier molecular flexibility index (Phi) is 2.17. The number of hydrogen-bond donors (Lipinski definition) is 0. The van der Waals surface area contributed by atoms with E-state index >= 15 is 0 Å². The van der Waals surface area contributed by atoms with Crippen molar-refractivity contribution in [2.24, 2.45) is 0 Å². The van der Waals surface area contributed by atoms with E-state index in [2.05, 4.69) is 11.6 Å². The molecule has 0 radical (unpaired) electrons. The van der Waals surface area contributed by atoms with Crippen molar-refractivity contribution in [2.75, 3.05) is 0 Å². The molecule has 0 bridgehead atoms. The Balaban J connectivity index is 2.34. The zero-order chi connectivity index (χ0) is 11.1. The summed E-state index contributed by atoms with van der Waals surface area (Å²) in [6.07, 6.45) is 6.66. The summed E-state index contributed by atoms with van der Waals surface area (Å²) in [4.78, 5) is 18.8. The molecular formula is C12H12N2OS. The van der Waals surface area contributed by atoms with E-state index in [0.717, 1.165) is 23.1 Å². The summed E-state index contributed by atoms with van der Waals surface area (Å²) in [5.74, 6) is 0. The first kappa shape index (κ1) is 9.78. The van der Waals surface area contributed by atoms with Gasteiger partial charge in [0.1, 0.15) is 4.83 Å². The molecule has 2 heterocycles. The van der Waals surface area contributed by atoms with E-state index in [9.17, 15) is 4.79 Å². The summed E-state index contributed by atoms with van der Waals surface area (Å²) in [5.41, 5.74) is 1.33. The van der Waals surface area contributed by atoms with Gasteiger partial charge in [-0.2, -0.15) is 0 Å². The molecule has 1 aliphatic carbocycles. The third-order valence-electron chi connectivity index (χ3n) is 3.02. The van der Waals surface area contributed by atoms with Crippen LogP contribution in [0.3, 0.4) is 0 Å². The summed E-state index contributed by atoms with van der Waals surface area (Å²) < 4.78 is 1.63. The largest absolute Gasteiger partial charge is 0.295 e. The molecule has 3 nitrogen and oxygen atoms in total. The molecule has 4 heteroatoms. The van der Waals surface area contributed by atoms with Gasteiger partial charge < -0.3 is 0 Å². The monoisotopic (exact) mass is 232 g/mol. The lowest BCUT2D eigenvalue weighted by molar-refractivity contribution is 0.768. The molecule has 0 amide bonds. The minimum Gasteiger partial charge on any atom is -0.295 e. The number of hydrogen-bond acceptors (Lipinski definition) is 3. The first-order valence-electron chi connectivity index (χ1n) is 5.42. The second kappa shape index (κ2) is 3.56. The Labute approximate surface area is 97.1 Å². The lowest BCUT2D eigenvalue weighted by Crippen LogP contribution is -2.19. The molecule has 0 saturated carbocycles. The average Bonchev–Trinajstić information content (AvgIpc) is 2.81. The van der Waals surface area contributed by atoms with Crippen molar-refractivity contribution in [3.63, 3.8) is 0 Å². The van der Waals surface area contributed by atoms with Crippen LogP contribution in [0.25, 0.3) is 10.2 Å². The molecule has 0 aromatic carbocycles. The van der Waals surface area contributed by atoms with E-state index < -0.39 is 0 Å². The van der Waals surface area contributed by atoms with E-state index in [0.29, 0.717) is 6.54 Å². The maximum atomic E-state index is 12.2. The molecule has 3 rings (SSSR count). The molecule has 0 aliphatic heterocycles. The van der Waals surface area contributed by atoms with Crippen molar-refractivity contribution in [3.05, 3.63) is 39.8 Å². The Morgan fingerprint density at radius 1 is 1.56 bits per heavy atom. The van der Waals surface area contributed by atoms with E-state index in [4.69, 9.17) is 0 Å². The van der Waals surface area contributed by atoms with Crippen LogP contribution in [-0.4, -0.2) is 9.55 Å². The zero-order valence-corrected chi connectivity index (χ0v) is 9.72. The number of aromatic nitrogens is 2. The van der Waals surface area contributed by atoms with Crippen LogP contribution >= 0.6 is 11.3 Å². The van der Waals surface area contributed by atoms with Crippen molar-refractivity contribution in [1.82, 2.24) is 9.55 Å². The third kappa shape index (κ3) is 1.26. The maximum Gasteiger partial charge on any atom is 0.262 e. The normalized spacial score (nSPS) is 14.2. The van der Waals surface area contributed by atoms with Crippen molar-refractivity contribution < 1.29 is 0 Å². The highest BCUT2D eigenvalue weighted by Crippen LogP contribution is 2.34. The molecule has 0 fully saturated rings. The molecule has 0 spiro atoms. The fourth-order valence-corrected chi connectivity index (χ4v) is 3.51. The molecule has 82 valence electrons. The highest BCUT2D eigenvalue weighted by molar-refractivity contribution is 7.18. The van der Waals surface area contributed by atoms with E-state index in [-0.39, 0.29) is 5.56 Å². The minimum atomic E-state index is 0.0873. The fourth-order valence-electron chi connectivity index (χ4n) is 2.29. The Morgan fingerprint density at radius 3 is 3.25 bits per heavy atom. The SMILES string of the molecule is C=CCn1cnc2sc3c(c2c1=O)CCC3. The number of nitrogens with zero attached hydrogens (tertiary/aromatic N) is 2. The minimum absolute atomic E-state index is 0.0873. The van der Waals surface area contributed by atoms with Crippen LogP contribution in [0.4, 0.5) is 0 Å². The topological polar surface area (TPSA) is 34.9 Å². The van der Waals surface area contributed by atoms with E-state index in [1.54, 1.807) is 28.3 Å². The van der Waals surface area contributed by atoms with Crippen LogP contribution in [0.15, 0.2) is 23.8 Å². The van der Waals surface area contributed by atoms with Gasteiger partial charge in [-0.3, -0.25) is 9.36 Å². The van der Waals surface area contributed by atoms with Gasteiger partial charge >= 0.3 is 0 Å². The average molecular weight is 232 g/mol. The zero-order valence-electron chi connectivity index (χ0n) is 8.90. The molecule has 0 atom stereocenters. The summed E-state index contributed by atoms with van der Waals surface area (Å²) in [5, 5.41) is 0.849. The highest BCUT2D eigenvalue weighted by Gasteiger charge is 2.20. The van der Waals surface area contributed by atoms with Gasteiger partial charge in [0.2, 0.25) is 0 Å². The lowest BCUT2D eigenvalue weighted by Gasteiger charge is -2.01. The number of allylic oxidation sites excluding steroid dienone is 1. The molecule has 1 aliphatic rings. The first-order valence-corrected chi connectivity index (χ1v) is 6.23. The quantitative estimate of drug-likeness (QED) is 0.743. The molecule has 0 unspecified atom stereocenters. The van der Waals surface area contributed by atoms with E-state index in [1.807, 2.05) is 0 Å². The van der Waals surface area contributed by atoms with Gasteiger partial charge in [-0.15, -0.1) is 17.9 Å². The van der Waals surface area contributed by atoms with Crippen LogP contribution in [0.1, 0.15) is 16.9 Å². The Hall–Kier alpha value is -1.42. The van der Waals surface area contributed by atoms with Crippen LogP contribution in [0.5, 0.6) is 0 Å². The number of rotatable bonds is 2. The van der Waals surface area contributed by atoms with Gasteiger partial charge in [0.25, 0.3) is 5.56 Å². The van der Waals surface area contributed by atoms with Crippen molar-refractivity contribution in [2.45, 2.75) is 25.8 Å². The Bertz CT molecular complexity index is 624. The van der Waals surface area contributed by atoms with Crippen LogP contribution < -0.4 is 5.56 Å². The van der Waals surface area contributed by atoms with Crippen LogP contribution in [-0.2, 0) is 19.4 Å².